The Balaban J connectivity index is 5.21. The smallest absolute Gasteiger partial charge is 0.462 e. The van der Waals surface area contributed by atoms with Crippen molar-refractivity contribution in [3.8, 4) is 0 Å². The second-order valence-corrected chi connectivity index (χ2v) is 30.6. The molecule has 0 aliphatic carbocycles. The minimum absolute atomic E-state index is 0.102. The second kappa shape index (κ2) is 70.6. The highest BCUT2D eigenvalue weighted by atomic mass is 31.2. The van der Waals surface area contributed by atoms with Crippen LogP contribution in [0.4, 0.5) is 0 Å². The van der Waals surface area contributed by atoms with E-state index in [1.165, 1.54) is 186 Å². The van der Waals surface area contributed by atoms with Crippen LogP contribution in [0, 0.1) is 5.92 Å². The summed E-state index contributed by atoms with van der Waals surface area (Å²) < 4.78 is 68.4. The van der Waals surface area contributed by atoms with Gasteiger partial charge in [-0.3, -0.25) is 37.3 Å². The number of aliphatic hydroxyl groups excluding tert-OH is 1. The van der Waals surface area contributed by atoms with E-state index >= 15 is 0 Å². The van der Waals surface area contributed by atoms with Crippen LogP contribution in [0.15, 0.2) is 24.3 Å². The molecule has 0 aromatic heterocycles. The molecular formula is C78H148O17P2. The van der Waals surface area contributed by atoms with Gasteiger partial charge in [0.1, 0.15) is 19.3 Å². The number of carbonyl (C=O) groups excluding carboxylic acids is 4. The molecule has 0 bridgehead atoms. The van der Waals surface area contributed by atoms with Gasteiger partial charge in [0, 0.05) is 25.7 Å². The summed E-state index contributed by atoms with van der Waals surface area (Å²) >= 11 is 0. The largest absolute Gasteiger partial charge is 0.472 e. The van der Waals surface area contributed by atoms with Crippen LogP contribution in [-0.4, -0.2) is 96.7 Å². The Morgan fingerprint density at radius 2 is 0.577 bits per heavy atom. The molecule has 0 aliphatic rings. The Morgan fingerprint density at radius 3 is 0.876 bits per heavy atom. The van der Waals surface area contributed by atoms with Crippen LogP contribution in [0.1, 0.15) is 388 Å². The van der Waals surface area contributed by atoms with Gasteiger partial charge in [-0.1, -0.05) is 335 Å². The maximum atomic E-state index is 13.1. The van der Waals surface area contributed by atoms with Crippen molar-refractivity contribution in [1.82, 2.24) is 0 Å². The van der Waals surface area contributed by atoms with Gasteiger partial charge in [-0.2, -0.15) is 0 Å². The molecule has 3 N–H and O–H groups in total. The summed E-state index contributed by atoms with van der Waals surface area (Å²) in [4.78, 5) is 72.7. The molecular weight excluding hydrogens is 1270 g/mol. The lowest BCUT2D eigenvalue weighted by Gasteiger charge is -2.21. The van der Waals surface area contributed by atoms with E-state index in [4.69, 9.17) is 37.0 Å². The molecule has 0 fully saturated rings. The van der Waals surface area contributed by atoms with Crippen molar-refractivity contribution in [3.05, 3.63) is 24.3 Å². The van der Waals surface area contributed by atoms with Crippen LogP contribution in [0.5, 0.6) is 0 Å². The van der Waals surface area contributed by atoms with Crippen molar-refractivity contribution in [3.63, 3.8) is 0 Å². The molecule has 0 amide bonds. The number of aliphatic hydroxyl groups is 1. The Labute approximate surface area is 592 Å². The molecule has 97 heavy (non-hydrogen) atoms. The van der Waals surface area contributed by atoms with Gasteiger partial charge in [0.15, 0.2) is 12.2 Å². The molecule has 0 saturated heterocycles. The van der Waals surface area contributed by atoms with Crippen LogP contribution >= 0.6 is 15.6 Å². The van der Waals surface area contributed by atoms with E-state index in [9.17, 15) is 43.2 Å². The fourth-order valence-corrected chi connectivity index (χ4v) is 13.1. The number of hydrogen-bond acceptors (Lipinski definition) is 15. The first-order valence-corrected chi connectivity index (χ1v) is 43.0. The number of ether oxygens (including phenoxy) is 4. The molecule has 0 aliphatic heterocycles. The minimum Gasteiger partial charge on any atom is -0.462 e. The highest BCUT2D eigenvalue weighted by Gasteiger charge is 2.30. The second-order valence-electron chi connectivity index (χ2n) is 27.7. The molecule has 0 radical (unpaired) electrons. The van der Waals surface area contributed by atoms with E-state index in [0.717, 1.165) is 121 Å². The normalized spacial score (nSPS) is 14.4. The molecule has 0 rings (SSSR count). The lowest BCUT2D eigenvalue weighted by atomic mass is 9.99. The van der Waals surface area contributed by atoms with Crippen molar-refractivity contribution in [2.24, 2.45) is 5.92 Å². The van der Waals surface area contributed by atoms with E-state index < -0.39 is 97.5 Å². The van der Waals surface area contributed by atoms with E-state index in [2.05, 4.69) is 58.9 Å². The summed E-state index contributed by atoms with van der Waals surface area (Å²) in [5.41, 5.74) is 0. The Hall–Kier alpha value is -2.46. The quantitative estimate of drug-likeness (QED) is 0.0169. The predicted molar refractivity (Wildman–Crippen MR) is 395 cm³/mol. The van der Waals surface area contributed by atoms with E-state index in [1.807, 2.05) is 0 Å². The molecule has 17 nitrogen and oxygen atoms in total. The van der Waals surface area contributed by atoms with Crippen molar-refractivity contribution < 1.29 is 80.2 Å². The number of phosphoric ester groups is 2. The number of hydrogen-bond donors (Lipinski definition) is 3. The topological polar surface area (TPSA) is 237 Å². The monoisotopic (exact) mass is 1420 g/mol. The lowest BCUT2D eigenvalue weighted by Crippen LogP contribution is -2.30. The zero-order valence-corrected chi connectivity index (χ0v) is 64.5. The standard InChI is InChI=1S/C78H148O17P2/c1-6-10-13-16-19-22-24-26-31-35-39-42-47-52-57-62-76(81)89-68-74(95-78(83)64-59-54-49-44-40-36-33-30-28-27-29-32-34-37-41-45-50-55-60-71(5)9-4)70-93-97(86,87)91-66-72(79)65-90-96(84,85)92-69-73(67-88-75(80)61-56-51-46-21-18-15-12-8-3)94-77(82)63-58-53-48-43-38-25-23-20-17-14-11-7-2/h22,24,26,31,71-74,79H,6-21,23,25,27-30,32-70H2,1-5H3,(H,84,85)(H,86,87)/b24-22-,31-26-/t71?,72-,73+,74+/m0/s1. The van der Waals surface area contributed by atoms with Crippen LogP contribution in [0.25, 0.3) is 0 Å². The highest BCUT2D eigenvalue weighted by molar-refractivity contribution is 7.47. The van der Waals surface area contributed by atoms with Crippen LogP contribution in [-0.2, 0) is 65.4 Å². The van der Waals surface area contributed by atoms with Crippen molar-refractivity contribution >= 4 is 39.5 Å². The van der Waals surface area contributed by atoms with Gasteiger partial charge in [-0.05, 0) is 57.3 Å². The predicted octanol–water partition coefficient (Wildman–Crippen LogP) is 22.8. The summed E-state index contributed by atoms with van der Waals surface area (Å²) in [5.74, 6) is -1.28. The molecule has 0 heterocycles. The average molecular weight is 1420 g/mol. The van der Waals surface area contributed by atoms with Gasteiger partial charge in [0.2, 0.25) is 0 Å². The van der Waals surface area contributed by atoms with Gasteiger partial charge in [-0.25, -0.2) is 9.13 Å². The third-order valence-corrected chi connectivity index (χ3v) is 19.9. The minimum atomic E-state index is -4.96. The first-order chi connectivity index (χ1) is 47.1. The molecule has 0 spiro atoms. The van der Waals surface area contributed by atoms with Gasteiger partial charge < -0.3 is 33.8 Å². The fraction of sp³-hybridized carbons (Fsp3) is 0.897. The third kappa shape index (κ3) is 70.4. The maximum Gasteiger partial charge on any atom is 0.472 e. The number of carbonyl (C=O) groups is 4. The van der Waals surface area contributed by atoms with Gasteiger partial charge >= 0.3 is 39.5 Å². The third-order valence-electron chi connectivity index (χ3n) is 18.0. The molecule has 0 saturated carbocycles. The highest BCUT2D eigenvalue weighted by Crippen LogP contribution is 2.45. The van der Waals surface area contributed by atoms with E-state index in [0.29, 0.717) is 25.7 Å². The first kappa shape index (κ1) is 94.5. The molecule has 0 aromatic carbocycles. The number of esters is 4. The summed E-state index contributed by atoms with van der Waals surface area (Å²) in [6.45, 7) is 7.27. The van der Waals surface area contributed by atoms with Gasteiger partial charge in [0.25, 0.3) is 0 Å². The number of rotatable bonds is 76. The number of unbranched alkanes of at least 4 members (excludes halogenated alkanes) is 44. The van der Waals surface area contributed by atoms with E-state index in [1.54, 1.807) is 0 Å². The zero-order valence-electron chi connectivity index (χ0n) is 62.7. The van der Waals surface area contributed by atoms with Crippen molar-refractivity contribution in [2.45, 2.75) is 406 Å². The Bertz CT molecular complexity index is 1950. The van der Waals surface area contributed by atoms with Crippen molar-refractivity contribution in [2.75, 3.05) is 39.6 Å². The first-order valence-electron chi connectivity index (χ1n) is 40.0. The molecule has 0 aromatic rings. The molecule has 6 atom stereocenters. The molecule has 572 valence electrons. The lowest BCUT2D eigenvalue weighted by molar-refractivity contribution is -0.161. The van der Waals surface area contributed by atoms with Crippen LogP contribution in [0.2, 0.25) is 0 Å². The number of allylic oxidation sites excluding steroid dienone is 4. The van der Waals surface area contributed by atoms with Crippen LogP contribution < -0.4 is 0 Å². The molecule has 3 unspecified atom stereocenters. The average Bonchev–Trinajstić information content (AvgIpc) is 1.01. The maximum absolute atomic E-state index is 13.1. The SMILES string of the molecule is CCCCCC/C=C\C=C/CCCCCCCC(=O)OC[C@H](COP(=O)(O)OC[C@@H](O)COP(=O)(O)OC[C@@H](COC(=O)CCCCCCCCCC)OC(=O)CCCCCCCCCCCCCC)OC(=O)CCCCCCCCCCCCCCCCCCCCC(C)CC. The van der Waals surface area contributed by atoms with Crippen LogP contribution in [0.3, 0.4) is 0 Å². The van der Waals surface area contributed by atoms with Gasteiger partial charge in [-0.15, -0.1) is 0 Å². The van der Waals surface area contributed by atoms with Crippen molar-refractivity contribution in [1.29, 1.82) is 0 Å². The summed E-state index contributed by atoms with van der Waals surface area (Å²) in [6.07, 6.45) is 63.3. The Kier molecular flexibility index (Phi) is 68.8. The zero-order chi connectivity index (χ0) is 71.2. The summed E-state index contributed by atoms with van der Waals surface area (Å²) in [5, 5.41) is 10.6. The summed E-state index contributed by atoms with van der Waals surface area (Å²) in [7, 11) is -9.92. The summed E-state index contributed by atoms with van der Waals surface area (Å²) in [6, 6.07) is 0. The number of phosphoric acid groups is 2. The molecule has 19 heteroatoms. The van der Waals surface area contributed by atoms with E-state index in [-0.39, 0.29) is 25.7 Å². The Morgan fingerprint density at radius 1 is 0.330 bits per heavy atom. The van der Waals surface area contributed by atoms with Gasteiger partial charge in [0.05, 0.1) is 26.4 Å². The fourth-order valence-electron chi connectivity index (χ4n) is 11.5.